The Labute approximate surface area is 90.6 Å². The van der Waals surface area contributed by atoms with Crippen LogP contribution in [0.1, 0.15) is 0 Å². The second kappa shape index (κ2) is 4.43. The molecule has 2 heterocycles. The number of hydrogen-bond donors (Lipinski definition) is 2. The summed E-state index contributed by atoms with van der Waals surface area (Å²) in [4.78, 5) is 27.0. The van der Waals surface area contributed by atoms with E-state index in [4.69, 9.17) is 0 Å². The first-order valence-electron chi connectivity index (χ1n) is 4.60. The monoisotopic (exact) mass is 219 g/mol. The van der Waals surface area contributed by atoms with Crippen molar-refractivity contribution < 1.29 is 14.3 Å². The van der Waals surface area contributed by atoms with Gasteiger partial charge in [-0.2, -0.15) is 0 Å². The number of alkyl carbamates (subject to hydrolysis) is 1. The lowest BCUT2D eigenvalue weighted by Gasteiger charge is -1.81. The third-order valence-electron chi connectivity index (χ3n) is 1.90. The second-order valence-electron chi connectivity index (χ2n) is 3.04. The number of benzene rings is 1. The van der Waals surface area contributed by atoms with Gasteiger partial charge in [-0.1, -0.05) is 12.1 Å². The number of amides is 2. The van der Waals surface area contributed by atoms with Crippen molar-refractivity contribution in [3.8, 4) is 0 Å². The van der Waals surface area contributed by atoms with E-state index in [2.05, 4.69) is 14.7 Å². The van der Waals surface area contributed by atoms with E-state index < -0.39 is 6.09 Å². The second-order valence-corrected chi connectivity index (χ2v) is 3.04. The molecule has 1 aromatic carbocycles. The molecule has 6 heteroatoms. The number of ether oxygens (including phenoxy) is 1. The zero-order valence-electron chi connectivity index (χ0n) is 8.27. The van der Waals surface area contributed by atoms with Crippen molar-refractivity contribution in [2.24, 2.45) is 0 Å². The molecule has 0 saturated carbocycles. The van der Waals surface area contributed by atoms with Crippen LogP contribution in [-0.4, -0.2) is 28.6 Å². The molecular weight excluding hydrogens is 210 g/mol. The number of nitrogens with zero attached hydrogens (tertiary/aromatic N) is 1. The predicted octanol–water partition coefficient (Wildman–Crippen LogP) is 0.816. The summed E-state index contributed by atoms with van der Waals surface area (Å²) < 4.78 is 4.17. The molecule has 0 spiro atoms. The normalized spacial score (nSPS) is 14.0. The molecule has 6 nitrogen and oxygen atoms in total. The highest BCUT2D eigenvalue weighted by atomic mass is 16.6. The Balaban J connectivity index is 0.000000125. The van der Waals surface area contributed by atoms with Gasteiger partial charge in [-0.25, -0.2) is 9.78 Å². The molecule has 82 valence electrons. The minimum absolute atomic E-state index is 0.126. The van der Waals surface area contributed by atoms with Gasteiger partial charge in [0.1, 0.15) is 0 Å². The Hall–Kier alpha value is -2.37. The summed E-state index contributed by atoms with van der Waals surface area (Å²) in [6.07, 6.45) is 1.05. The maximum absolute atomic E-state index is 10.00. The van der Waals surface area contributed by atoms with Gasteiger partial charge in [0.25, 0.3) is 5.91 Å². The van der Waals surface area contributed by atoms with Crippen molar-refractivity contribution in [3.63, 3.8) is 0 Å². The van der Waals surface area contributed by atoms with Gasteiger partial charge < -0.3 is 9.72 Å². The van der Waals surface area contributed by atoms with Crippen LogP contribution in [0.3, 0.4) is 0 Å². The highest BCUT2D eigenvalue weighted by Crippen LogP contribution is 2.05. The third kappa shape index (κ3) is 2.35. The molecule has 1 fully saturated rings. The minimum Gasteiger partial charge on any atom is -0.439 e. The number of hydrogen-bond acceptors (Lipinski definition) is 4. The number of para-hydroxylation sites is 2. The molecule has 1 saturated heterocycles. The molecule has 0 atom stereocenters. The van der Waals surface area contributed by atoms with Crippen molar-refractivity contribution in [1.82, 2.24) is 15.3 Å². The SMILES string of the molecule is O=C1COC(=O)N1.c1ccc2[nH]cnc2c1. The average Bonchev–Trinajstić information content (AvgIpc) is 2.88. The van der Waals surface area contributed by atoms with Crippen LogP contribution in [0.4, 0.5) is 4.79 Å². The first kappa shape index (κ1) is 10.2. The van der Waals surface area contributed by atoms with Gasteiger partial charge in [-0.05, 0) is 12.1 Å². The first-order chi connectivity index (χ1) is 7.75. The molecule has 1 aromatic heterocycles. The van der Waals surface area contributed by atoms with Gasteiger partial charge in [0.15, 0.2) is 6.61 Å². The Morgan fingerprint density at radius 1 is 1.25 bits per heavy atom. The number of rotatable bonds is 0. The zero-order valence-corrected chi connectivity index (χ0v) is 8.27. The minimum atomic E-state index is -0.648. The first-order valence-corrected chi connectivity index (χ1v) is 4.60. The number of imidazole rings is 1. The maximum Gasteiger partial charge on any atom is 0.414 e. The molecule has 0 aliphatic carbocycles. The van der Waals surface area contributed by atoms with E-state index in [0.29, 0.717) is 0 Å². The van der Waals surface area contributed by atoms with E-state index in [-0.39, 0.29) is 12.5 Å². The van der Waals surface area contributed by atoms with Crippen LogP contribution in [0.2, 0.25) is 0 Å². The van der Waals surface area contributed by atoms with Crippen molar-refractivity contribution in [1.29, 1.82) is 0 Å². The summed E-state index contributed by atoms with van der Waals surface area (Å²) in [5.74, 6) is -0.370. The van der Waals surface area contributed by atoms with Crippen LogP contribution < -0.4 is 5.32 Å². The number of aromatic amines is 1. The molecule has 1 aliphatic rings. The van der Waals surface area contributed by atoms with Crippen LogP contribution in [0.15, 0.2) is 30.6 Å². The summed E-state index contributed by atoms with van der Waals surface area (Å²) in [6.45, 7) is -0.126. The Morgan fingerprint density at radius 2 is 2.06 bits per heavy atom. The number of carbonyl (C=O) groups excluding carboxylic acids is 2. The van der Waals surface area contributed by atoms with E-state index >= 15 is 0 Å². The van der Waals surface area contributed by atoms with E-state index in [1.54, 1.807) is 6.33 Å². The molecule has 16 heavy (non-hydrogen) atoms. The lowest BCUT2D eigenvalue weighted by atomic mass is 10.3. The van der Waals surface area contributed by atoms with Crippen molar-refractivity contribution in [2.75, 3.05) is 6.61 Å². The van der Waals surface area contributed by atoms with Gasteiger partial charge in [0.05, 0.1) is 17.4 Å². The van der Waals surface area contributed by atoms with Gasteiger partial charge in [0, 0.05) is 0 Å². The smallest absolute Gasteiger partial charge is 0.414 e. The number of nitrogens with one attached hydrogen (secondary N) is 2. The number of cyclic esters (lactones) is 1. The highest BCUT2D eigenvalue weighted by molar-refractivity contribution is 5.97. The molecule has 2 aromatic rings. The fraction of sp³-hybridized carbons (Fsp3) is 0.100. The fourth-order valence-corrected chi connectivity index (χ4v) is 1.20. The predicted molar refractivity (Wildman–Crippen MR) is 55.6 cm³/mol. The van der Waals surface area contributed by atoms with Gasteiger partial charge in [-0.3, -0.25) is 10.1 Å². The van der Waals surface area contributed by atoms with Crippen molar-refractivity contribution in [3.05, 3.63) is 30.6 Å². The van der Waals surface area contributed by atoms with Gasteiger partial charge in [0.2, 0.25) is 0 Å². The van der Waals surface area contributed by atoms with Crippen LogP contribution >= 0.6 is 0 Å². The summed E-state index contributed by atoms with van der Waals surface area (Å²) in [5, 5.41) is 1.92. The highest BCUT2D eigenvalue weighted by Gasteiger charge is 2.17. The van der Waals surface area contributed by atoms with Crippen molar-refractivity contribution >= 4 is 23.0 Å². The topological polar surface area (TPSA) is 84.1 Å². The molecule has 2 amide bonds. The van der Waals surface area contributed by atoms with Crippen LogP contribution in [0, 0.1) is 0 Å². The number of H-pyrrole nitrogens is 1. The van der Waals surface area contributed by atoms with Crippen molar-refractivity contribution in [2.45, 2.75) is 0 Å². The fourth-order valence-electron chi connectivity index (χ4n) is 1.20. The van der Waals surface area contributed by atoms with E-state index in [1.165, 1.54) is 0 Å². The Kier molecular flexibility index (Phi) is 2.81. The summed E-state index contributed by atoms with van der Waals surface area (Å²) >= 11 is 0. The lowest BCUT2D eigenvalue weighted by Crippen LogP contribution is -2.18. The lowest BCUT2D eigenvalue weighted by molar-refractivity contribution is -0.119. The Bertz CT molecular complexity index is 477. The van der Waals surface area contributed by atoms with Crippen LogP contribution in [0.5, 0.6) is 0 Å². The van der Waals surface area contributed by atoms with Gasteiger partial charge >= 0.3 is 6.09 Å². The zero-order chi connectivity index (χ0) is 11.4. The third-order valence-corrected chi connectivity index (χ3v) is 1.90. The molecule has 1 aliphatic heterocycles. The number of carbonyl (C=O) groups is 2. The summed E-state index contributed by atoms with van der Waals surface area (Å²) in [6, 6.07) is 7.94. The van der Waals surface area contributed by atoms with E-state index in [9.17, 15) is 9.59 Å². The molecule has 0 bridgehead atoms. The van der Waals surface area contributed by atoms with Crippen LogP contribution in [0.25, 0.3) is 11.0 Å². The number of fused-ring (bicyclic) bond motifs is 1. The maximum atomic E-state index is 10.00. The number of aromatic nitrogens is 2. The molecule has 0 unspecified atom stereocenters. The molecule has 3 rings (SSSR count). The van der Waals surface area contributed by atoms with E-state index in [0.717, 1.165) is 11.0 Å². The number of imide groups is 1. The summed E-state index contributed by atoms with van der Waals surface area (Å²) in [7, 11) is 0. The van der Waals surface area contributed by atoms with Gasteiger partial charge in [-0.15, -0.1) is 0 Å². The van der Waals surface area contributed by atoms with Crippen LogP contribution in [-0.2, 0) is 9.53 Å². The quantitative estimate of drug-likeness (QED) is 0.686. The standard InChI is InChI=1S/C7H6N2.C3H3NO3/c1-2-4-7-6(3-1)8-5-9-7;5-2-1-7-3(6)4-2/h1-5H,(H,8,9);1H2,(H,4,5,6). The Morgan fingerprint density at radius 3 is 2.62 bits per heavy atom. The van der Waals surface area contributed by atoms with E-state index in [1.807, 2.05) is 29.6 Å². The molecule has 2 N–H and O–H groups in total. The summed E-state index contributed by atoms with van der Waals surface area (Å²) in [5.41, 5.74) is 2.12. The average molecular weight is 219 g/mol. The largest absolute Gasteiger partial charge is 0.439 e. The molecule has 0 radical (unpaired) electrons. The molecular formula is C10H9N3O3.